The van der Waals surface area contributed by atoms with Gasteiger partial charge in [-0.3, -0.25) is 14.6 Å². The zero-order valence-corrected chi connectivity index (χ0v) is 14.5. The van der Waals surface area contributed by atoms with Gasteiger partial charge in [-0.15, -0.1) is 0 Å². The van der Waals surface area contributed by atoms with Crippen LogP contribution in [-0.4, -0.2) is 37.1 Å². The van der Waals surface area contributed by atoms with Gasteiger partial charge in [0.25, 0.3) is 11.8 Å². The molecule has 6 nitrogen and oxygen atoms in total. The highest BCUT2D eigenvalue weighted by Gasteiger charge is 2.14. The van der Waals surface area contributed by atoms with Crippen LogP contribution in [0.5, 0.6) is 0 Å². The molecular formula is C19H23N3O3. The molecule has 6 heteroatoms. The number of carbonyl (C=O) groups is 2. The highest BCUT2D eigenvalue weighted by Crippen LogP contribution is 2.12. The van der Waals surface area contributed by atoms with Gasteiger partial charge in [0.15, 0.2) is 0 Å². The number of methoxy groups -OCH3 is 1. The number of aromatic nitrogens is 1. The molecule has 2 amide bonds. The van der Waals surface area contributed by atoms with E-state index in [0.29, 0.717) is 18.7 Å². The van der Waals surface area contributed by atoms with Crippen LogP contribution in [0, 0.1) is 0 Å². The standard InChI is InChI=1S/C19H23N3O3/c1-14(15-7-4-3-5-8-15)22-19(24)17-13-16(9-11-20-17)18(23)21-10-6-12-25-2/h3-5,7-9,11,13-14H,6,10,12H2,1-2H3,(H,21,23)(H,22,24). The maximum Gasteiger partial charge on any atom is 0.270 e. The largest absolute Gasteiger partial charge is 0.385 e. The molecule has 1 aromatic carbocycles. The predicted molar refractivity (Wildman–Crippen MR) is 95.4 cm³/mol. The summed E-state index contributed by atoms with van der Waals surface area (Å²) in [5.74, 6) is -0.547. The topological polar surface area (TPSA) is 80.3 Å². The fourth-order valence-corrected chi connectivity index (χ4v) is 2.31. The minimum Gasteiger partial charge on any atom is -0.385 e. The Morgan fingerprint density at radius 3 is 2.64 bits per heavy atom. The first-order valence-corrected chi connectivity index (χ1v) is 8.21. The molecule has 0 saturated heterocycles. The molecule has 1 aromatic heterocycles. The number of nitrogens with zero attached hydrogens (tertiary/aromatic N) is 1. The summed E-state index contributed by atoms with van der Waals surface area (Å²) in [5.41, 5.74) is 1.63. The van der Waals surface area contributed by atoms with Crippen LogP contribution in [0.25, 0.3) is 0 Å². The van der Waals surface area contributed by atoms with Crippen LogP contribution in [0.1, 0.15) is 45.8 Å². The fraction of sp³-hybridized carbons (Fsp3) is 0.316. The lowest BCUT2D eigenvalue weighted by atomic mass is 10.1. The molecule has 25 heavy (non-hydrogen) atoms. The average Bonchev–Trinajstić information content (AvgIpc) is 2.65. The van der Waals surface area contributed by atoms with E-state index in [1.54, 1.807) is 13.2 Å². The summed E-state index contributed by atoms with van der Waals surface area (Å²) in [4.78, 5) is 28.6. The number of pyridine rings is 1. The number of ether oxygens (including phenoxy) is 1. The minimum absolute atomic E-state index is 0.151. The number of hydrogen-bond donors (Lipinski definition) is 2. The van der Waals surface area contributed by atoms with Crippen molar-refractivity contribution in [3.63, 3.8) is 0 Å². The smallest absolute Gasteiger partial charge is 0.270 e. The lowest BCUT2D eigenvalue weighted by Crippen LogP contribution is -2.29. The molecule has 0 radical (unpaired) electrons. The van der Waals surface area contributed by atoms with E-state index in [9.17, 15) is 9.59 Å². The van der Waals surface area contributed by atoms with Gasteiger partial charge in [-0.05, 0) is 31.0 Å². The summed E-state index contributed by atoms with van der Waals surface area (Å²) in [7, 11) is 1.62. The maximum absolute atomic E-state index is 12.4. The van der Waals surface area contributed by atoms with Gasteiger partial charge < -0.3 is 15.4 Å². The van der Waals surface area contributed by atoms with Crippen molar-refractivity contribution < 1.29 is 14.3 Å². The molecule has 0 aliphatic heterocycles. The predicted octanol–water partition coefficient (Wildman–Crippen LogP) is 2.34. The Morgan fingerprint density at radius 2 is 1.92 bits per heavy atom. The average molecular weight is 341 g/mol. The summed E-state index contributed by atoms with van der Waals surface area (Å²) in [6.45, 7) is 3.00. The second-order valence-electron chi connectivity index (χ2n) is 5.64. The summed E-state index contributed by atoms with van der Waals surface area (Å²) < 4.78 is 4.94. The van der Waals surface area contributed by atoms with Crippen molar-refractivity contribution in [2.24, 2.45) is 0 Å². The summed E-state index contributed by atoms with van der Waals surface area (Å²) in [6.07, 6.45) is 2.20. The summed E-state index contributed by atoms with van der Waals surface area (Å²) >= 11 is 0. The van der Waals surface area contributed by atoms with Crippen molar-refractivity contribution in [3.05, 3.63) is 65.5 Å². The molecule has 0 aliphatic carbocycles. The summed E-state index contributed by atoms with van der Waals surface area (Å²) in [5, 5.41) is 5.68. The van der Waals surface area contributed by atoms with Crippen molar-refractivity contribution in [1.82, 2.24) is 15.6 Å². The molecule has 1 heterocycles. The lowest BCUT2D eigenvalue weighted by Gasteiger charge is -2.14. The van der Waals surface area contributed by atoms with Crippen molar-refractivity contribution in [1.29, 1.82) is 0 Å². The Hall–Kier alpha value is -2.73. The Bertz CT molecular complexity index is 704. The van der Waals surface area contributed by atoms with Crippen LogP contribution in [0.2, 0.25) is 0 Å². The molecule has 2 aromatic rings. The number of nitrogens with one attached hydrogen (secondary N) is 2. The molecule has 0 fully saturated rings. The van der Waals surface area contributed by atoms with Gasteiger partial charge in [-0.2, -0.15) is 0 Å². The molecule has 0 bridgehead atoms. The van der Waals surface area contributed by atoms with Crippen molar-refractivity contribution in [3.8, 4) is 0 Å². The van der Waals surface area contributed by atoms with Crippen LogP contribution in [-0.2, 0) is 4.74 Å². The Morgan fingerprint density at radius 1 is 1.16 bits per heavy atom. The second kappa shape index (κ2) is 9.54. The van der Waals surface area contributed by atoms with E-state index in [4.69, 9.17) is 4.74 Å². The first kappa shape index (κ1) is 18.6. The van der Waals surface area contributed by atoms with Crippen LogP contribution in [0.15, 0.2) is 48.7 Å². The summed E-state index contributed by atoms with van der Waals surface area (Å²) in [6, 6.07) is 12.6. The van der Waals surface area contributed by atoms with E-state index in [1.165, 1.54) is 12.3 Å². The SMILES string of the molecule is COCCCNC(=O)c1ccnc(C(=O)NC(C)c2ccccc2)c1. The van der Waals surface area contributed by atoms with E-state index >= 15 is 0 Å². The minimum atomic E-state index is -0.314. The van der Waals surface area contributed by atoms with Gasteiger partial charge in [-0.1, -0.05) is 30.3 Å². The van der Waals surface area contributed by atoms with Gasteiger partial charge in [0.05, 0.1) is 6.04 Å². The van der Waals surface area contributed by atoms with Crippen molar-refractivity contribution in [2.75, 3.05) is 20.3 Å². The van der Waals surface area contributed by atoms with Gasteiger partial charge in [0.2, 0.25) is 0 Å². The molecule has 0 spiro atoms. The van der Waals surface area contributed by atoms with Crippen LogP contribution < -0.4 is 10.6 Å². The van der Waals surface area contributed by atoms with Gasteiger partial charge >= 0.3 is 0 Å². The number of amides is 2. The molecule has 0 aliphatic rings. The van der Waals surface area contributed by atoms with Crippen LogP contribution in [0.3, 0.4) is 0 Å². The normalized spacial score (nSPS) is 11.6. The third kappa shape index (κ3) is 5.69. The fourth-order valence-electron chi connectivity index (χ4n) is 2.31. The first-order chi connectivity index (χ1) is 12.1. The molecule has 0 saturated carbocycles. The number of benzene rings is 1. The third-order valence-electron chi connectivity index (χ3n) is 3.71. The molecule has 1 atom stereocenters. The Kier molecular flexibility index (Phi) is 7.10. The number of carbonyl (C=O) groups excluding carboxylic acids is 2. The number of hydrogen-bond acceptors (Lipinski definition) is 4. The Balaban J connectivity index is 1.97. The molecule has 2 N–H and O–H groups in total. The van der Waals surface area contributed by atoms with Crippen molar-refractivity contribution >= 4 is 11.8 Å². The quantitative estimate of drug-likeness (QED) is 0.722. The molecular weight excluding hydrogens is 318 g/mol. The van der Waals surface area contributed by atoms with E-state index in [1.807, 2.05) is 37.3 Å². The third-order valence-corrected chi connectivity index (χ3v) is 3.71. The van der Waals surface area contributed by atoms with Crippen LogP contribution >= 0.6 is 0 Å². The zero-order valence-electron chi connectivity index (χ0n) is 14.5. The van der Waals surface area contributed by atoms with Gasteiger partial charge in [0, 0.05) is 32.0 Å². The highest BCUT2D eigenvalue weighted by molar-refractivity contribution is 5.98. The van der Waals surface area contributed by atoms with Gasteiger partial charge in [0.1, 0.15) is 5.69 Å². The lowest BCUT2D eigenvalue weighted by molar-refractivity contribution is 0.0935. The second-order valence-corrected chi connectivity index (χ2v) is 5.64. The van der Waals surface area contributed by atoms with Gasteiger partial charge in [-0.25, -0.2) is 0 Å². The maximum atomic E-state index is 12.4. The van der Waals surface area contributed by atoms with Crippen molar-refractivity contribution in [2.45, 2.75) is 19.4 Å². The molecule has 132 valence electrons. The molecule has 1 unspecified atom stereocenters. The monoisotopic (exact) mass is 341 g/mol. The van der Waals surface area contributed by atoms with E-state index in [0.717, 1.165) is 12.0 Å². The number of rotatable bonds is 8. The molecule has 2 rings (SSSR count). The Labute approximate surface area is 147 Å². The van der Waals surface area contributed by atoms with Crippen LogP contribution in [0.4, 0.5) is 0 Å². The van der Waals surface area contributed by atoms with E-state index < -0.39 is 0 Å². The van der Waals surface area contributed by atoms with E-state index in [-0.39, 0.29) is 23.6 Å². The zero-order chi connectivity index (χ0) is 18.1. The first-order valence-electron chi connectivity index (χ1n) is 8.21. The highest BCUT2D eigenvalue weighted by atomic mass is 16.5. The van der Waals surface area contributed by atoms with E-state index in [2.05, 4.69) is 15.6 Å².